The summed E-state index contributed by atoms with van der Waals surface area (Å²) in [4.78, 5) is 0. The van der Waals surface area contributed by atoms with Crippen LogP contribution < -0.4 is 0 Å². The average molecular weight is 571 g/mol. The molecule has 12 aliphatic carbocycles. The number of fused-ring (bicyclic) bond motifs is 8. The summed E-state index contributed by atoms with van der Waals surface area (Å²) in [6.45, 7) is 30.4. The van der Waals surface area contributed by atoms with Gasteiger partial charge in [-0.1, -0.05) is 132 Å². The molecule has 2 heteroatoms. The van der Waals surface area contributed by atoms with Crippen molar-refractivity contribution in [3.63, 3.8) is 0 Å². The molecule has 0 saturated heterocycles. The Kier molecular flexibility index (Phi) is 7.19. The standard InChI is InChI=1S/2C20H34B/c2*1-11-15-7-13(19(15,3)4)9-17(11)21-18-10-14-8-16(12(18)2)20(14,5)6/h2*11-18H,7-10H2,1-6H3/t2*11-,12-,13+,14+,15-,16-,17-,18-/m00/s1. The molecule has 0 aliphatic heterocycles. The van der Waals surface area contributed by atoms with Crippen LogP contribution in [0.5, 0.6) is 0 Å². The van der Waals surface area contributed by atoms with Crippen LogP contribution in [0.1, 0.15) is 134 Å². The van der Waals surface area contributed by atoms with Crippen molar-refractivity contribution in [1.29, 1.82) is 0 Å². The summed E-state index contributed by atoms with van der Waals surface area (Å²) in [5.41, 5.74) is 2.58. The molecule has 0 aromatic rings. The molecule has 12 saturated carbocycles. The molecule has 12 aliphatic rings. The van der Waals surface area contributed by atoms with Crippen LogP contribution in [0.2, 0.25) is 23.3 Å². The van der Waals surface area contributed by atoms with Gasteiger partial charge in [-0.05, 0) is 118 Å². The Morgan fingerprint density at radius 2 is 0.524 bits per heavy atom. The van der Waals surface area contributed by atoms with Gasteiger partial charge in [0.15, 0.2) is 0 Å². The quantitative estimate of drug-likeness (QED) is 0.295. The predicted octanol–water partition coefficient (Wildman–Crippen LogP) is 11.3. The topological polar surface area (TPSA) is 0 Å². The average Bonchev–Trinajstić information content (AvgIpc) is 2.91. The highest BCUT2D eigenvalue weighted by molar-refractivity contribution is 6.40. The summed E-state index contributed by atoms with van der Waals surface area (Å²) in [5, 5.41) is 0. The van der Waals surface area contributed by atoms with Gasteiger partial charge in [-0.15, -0.1) is 0 Å². The highest BCUT2D eigenvalue weighted by atomic mass is 14.6. The maximum Gasteiger partial charge on any atom is 0.118 e. The van der Waals surface area contributed by atoms with Crippen LogP contribution in [0.25, 0.3) is 0 Å². The fourth-order valence-electron chi connectivity index (χ4n) is 14.4. The van der Waals surface area contributed by atoms with Gasteiger partial charge >= 0.3 is 0 Å². The molecule has 0 N–H and O–H groups in total. The van der Waals surface area contributed by atoms with E-state index in [0.29, 0.717) is 21.7 Å². The molecular formula is C40H68B2. The molecule has 0 aromatic heterocycles. The number of hydrogen-bond acceptors (Lipinski definition) is 0. The summed E-state index contributed by atoms with van der Waals surface area (Å²) >= 11 is 0. The molecule has 12 rings (SSSR count). The van der Waals surface area contributed by atoms with Crippen molar-refractivity contribution < 1.29 is 0 Å². The van der Waals surface area contributed by atoms with Gasteiger partial charge in [0.05, 0.1) is 0 Å². The van der Waals surface area contributed by atoms with Crippen LogP contribution in [0.3, 0.4) is 0 Å². The smallest absolute Gasteiger partial charge is 0.0655 e. The lowest BCUT2D eigenvalue weighted by Gasteiger charge is -2.65. The van der Waals surface area contributed by atoms with E-state index in [4.69, 9.17) is 0 Å². The maximum absolute atomic E-state index is 2.86. The highest BCUT2D eigenvalue weighted by Crippen LogP contribution is 2.69. The van der Waals surface area contributed by atoms with Crippen molar-refractivity contribution in [3.05, 3.63) is 0 Å². The summed E-state index contributed by atoms with van der Waals surface area (Å²) in [7, 11) is 5.72. The number of hydrogen-bond donors (Lipinski definition) is 0. The van der Waals surface area contributed by atoms with Gasteiger partial charge in [-0.25, -0.2) is 0 Å². The van der Waals surface area contributed by atoms with Crippen LogP contribution >= 0.6 is 0 Å². The largest absolute Gasteiger partial charge is 0.118 e. The first kappa shape index (κ1) is 30.8. The first-order valence-corrected chi connectivity index (χ1v) is 19.2. The monoisotopic (exact) mass is 571 g/mol. The van der Waals surface area contributed by atoms with Crippen LogP contribution in [0, 0.1) is 92.7 Å². The Morgan fingerprint density at radius 3 is 0.667 bits per heavy atom. The van der Waals surface area contributed by atoms with Gasteiger partial charge < -0.3 is 0 Å². The summed E-state index contributed by atoms with van der Waals surface area (Å²) < 4.78 is 0. The molecule has 2 radical (unpaired) electrons. The zero-order chi connectivity index (χ0) is 30.3. The first-order chi connectivity index (χ1) is 19.5. The van der Waals surface area contributed by atoms with Crippen LogP contribution in [0.15, 0.2) is 0 Å². The van der Waals surface area contributed by atoms with E-state index < -0.39 is 0 Å². The van der Waals surface area contributed by atoms with Gasteiger partial charge in [-0.3, -0.25) is 0 Å². The molecule has 0 amide bonds. The fourth-order valence-corrected chi connectivity index (χ4v) is 14.4. The lowest BCUT2D eigenvalue weighted by molar-refractivity contribution is -0.106. The zero-order valence-electron chi connectivity index (χ0n) is 30.0. The van der Waals surface area contributed by atoms with Crippen molar-refractivity contribution in [1.82, 2.24) is 0 Å². The van der Waals surface area contributed by atoms with E-state index in [1.165, 1.54) is 51.4 Å². The molecule has 0 spiro atoms. The second-order valence-electron chi connectivity index (χ2n) is 20.9. The minimum atomic E-state index is 0.645. The fraction of sp³-hybridized carbons (Fsp3) is 1.00. The molecule has 0 unspecified atom stereocenters. The Balaban J connectivity index is 0.000000137. The Morgan fingerprint density at radius 1 is 0.333 bits per heavy atom. The molecule has 0 heterocycles. The summed E-state index contributed by atoms with van der Waals surface area (Å²) in [6.07, 6.45) is 12.1. The maximum atomic E-state index is 2.86. The van der Waals surface area contributed by atoms with Crippen LogP contribution in [-0.2, 0) is 0 Å². The molecule has 16 atom stereocenters. The van der Waals surface area contributed by atoms with Gasteiger partial charge in [-0.2, -0.15) is 0 Å². The van der Waals surface area contributed by atoms with Crippen LogP contribution in [0.4, 0.5) is 0 Å². The normalized spacial score (nSPS) is 56.1. The van der Waals surface area contributed by atoms with Crippen molar-refractivity contribution in [2.45, 2.75) is 158 Å². The second kappa shape index (κ2) is 9.82. The highest BCUT2D eigenvalue weighted by Gasteiger charge is 2.61. The Hall–Kier alpha value is 0.130. The predicted molar refractivity (Wildman–Crippen MR) is 183 cm³/mol. The lowest BCUT2D eigenvalue weighted by atomic mass is 9.31. The minimum Gasteiger partial charge on any atom is -0.0655 e. The van der Waals surface area contributed by atoms with Crippen molar-refractivity contribution in [2.75, 3.05) is 0 Å². The molecule has 0 aromatic carbocycles. The minimum absolute atomic E-state index is 0.645. The van der Waals surface area contributed by atoms with Gasteiger partial charge in [0, 0.05) is 0 Å². The lowest BCUT2D eigenvalue weighted by Crippen LogP contribution is -2.57. The third-order valence-corrected chi connectivity index (χ3v) is 18.6. The SMILES string of the molecule is C[C@@H]1[C@@H]([B][C@H]2C[C@H]3C[C@@H]([C@@H]2C)C3(C)C)C[C@H]2C[C@@H]1C2(C)C.C[C@@H]1[C@@H]([B][C@H]2C[C@H]3C[C@@H]([C@@H]2C)C3(C)C)C[C@H]2C[C@@H]1C2(C)C. The number of rotatable bonds is 4. The van der Waals surface area contributed by atoms with Gasteiger partial charge in [0.1, 0.15) is 14.6 Å². The molecule has 12 fully saturated rings. The third-order valence-electron chi connectivity index (χ3n) is 18.6. The van der Waals surface area contributed by atoms with Crippen molar-refractivity contribution in [2.24, 2.45) is 92.7 Å². The van der Waals surface area contributed by atoms with E-state index in [9.17, 15) is 0 Å². The van der Waals surface area contributed by atoms with E-state index in [2.05, 4.69) is 97.6 Å². The molecule has 0 nitrogen and oxygen atoms in total. The van der Waals surface area contributed by atoms with E-state index in [1.54, 1.807) is 0 Å². The molecule has 8 bridgehead atoms. The zero-order valence-corrected chi connectivity index (χ0v) is 30.0. The third kappa shape index (κ3) is 4.26. The molecule has 234 valence electrons. The summed E-state index contributed by atoms with van der Waals surface area (Å²) in [6, 6.07) is 0. The Labute approximate surface area is 264 Å². The molecule has 42 heavy (non-hydrogen) atoms. The Bertz CT molecular complexity index is 876. The molecular weight excluding hydrogens is 502 g/mol. The summed E-state index contributed by atoms with van der Waals surface area (Å²) in [5.74, 6) is 15.5. The second-order valence-corrected chi connectivity index (χ2v) is 20.9. The van der Waals surface area contributed by atoms with E-state index in [0.717, 1.165) is 94.3 Å². The van der Waals surface area contributed by atoms with E-state index >= 15 is 0 Å². The van der Waals surface area contributed by atoms with E-state index in [1.807, 2.05) is 0 Å². The van der Waals surface area contributed by atoms with E-state index in [-0.39, 0.29) is 0 Å². The van der Waals surface area contributed by atoms with Gasteiger partial charge in [0.2, 0.25) is 0 Å². The van der Waals surface area contributed by atoms with Crippen molar-refractivity contribution in [3.8, 4) is 0 Å². The first-order valence-electron chi connectivity index (χ1n) is 19.2. The van der Waals surface area contributed by atoms with Gasteiger partial charge in [0.25, 0.3) is 0 Å². The van der Waals surface area contributed by atoms with Crippen molar-refractivity contribution >= 4 is 14.6 Å². The van der Waals surface area contributed by atoms with Crippen LogP contribution in [-0.4, -0.2) is 14.6 Å².